The summed E-state index contributed by atoms with van der Waals surface area (Å²) >= 11 is 0. The number of aliphatic imine (C=N–C) groups is 1. The third kappa shape index (κ3) is 6.71. The molecule has 1 atom stereocenters. The molecule has 0 aromatic carbocycles. The molecule has 0 aliphatic carbocycles. The van der Waals surface area contributed by atoms with E-state index >= 15 is 0 Å². The van der Waals surface area contributed by atoms with Crippen molar-refractivity contribution in [1.29, 1.82) is 0 Å². The fourth-order valence-corrected chi connectivity index (χ4v) is 3.80. The summed E-state index contributed by atoms with van der Waals surface area (Å²) in [6, 6.07) is 0.200. The van der Waals surface area contributed by atoms with E-state index in [2.05, 4.69) is 20.9 Å². The molecule has 2 rings (SSSR count). The Morgan fingerprint density at radius 1 is 1.33 bits per heavy atom. The van der Waals surface area contributed by atoms with Gasteiger partial charge in [-0.05, 0) is 25.2 Å². The Morgan fingerprint density at radius 2 is 2.00 bits per heavy atom. The molecule has 0 aromatic rings. The van der Waals surface area contributed by atoms with Crippen molar-refractivity contribution in [3.05, 3.63) is 0 Å². The summed E-state index contributed by atoms with van der Waals surface area (Å²) in [4.78, 5) is 15.4. The van der Waals surface area contributed by atoms with Crippen molar-refractivity contribution in [3.63, 3.8) is 0 Å². The molecular weight excluding hydrogens is 445 g/mol. The SMILES string of the molecule is CN=C(NCC1CCN(S(C)(=O)=O)CC1)NC1CCC(=O)NC1.I. The Hall–Kier alpha value is -0.620. The molecule has 2 aliphatic rings. The second kappa shape index (κ2) is 9.76. The van der Waals surface area contributed by atoms with Gasteiger partial charge >= 0.3 is 0 Å². The smallest absolute Gasteiger partial charge is 0.220 e. The molecule has 1 amide bonds. The first-order valence-electron chi connectivity index (χ1n) is 8.07. The van der Waals surface area contributed by atoms with Crippen LogP contribution in [-0.4, -0.2) is 70.1 Å². The van der Waals surface area contributed by atoms with Crippen molar-refractivity contribution in [2.45, 2.75) is 31.7 Å². The highest BCUT2D eigenvalue weighted by molar-refractivity contribution is 14.0. The molecule has 2 aliphatic heterocycles. The van der Waals surface area contributed by atoms with Crippen molar-refractivity contribution >= 4 is 45.9 Å². The number of amides is 1. The number of nitrogens with one attached hydrogen (secondary N) is 3. The predicted molar refractivity (Wildman–Crippen MR) is 105 cm³/mol. The summed E-state index contributed by atoms with van der Waals surface area (Å²) in [6.45, 7) is 2.57. The fourth-order valence-electron chi connectivity index (χ4n) is 2.93. The zero-order valence-electron chi connectivity index (χ0n) is 14.2. The molecule has 8 nitrogen and oxygen atoms in total. The molecule has 2 heterocycles. The summed E-state index contributed by atoms with van der Waals surface area (Å²) in [7, 11) is -1.34. The second-order valence-corrected chi connectivity index (χ2v) is 8.22. The topological polar surface area (TPSA) is 103 Å². The number of sulfonamides is 1. The number of guanidine groups is 1. The van der Waals surface area contributed by atoms with Gasteiger partial charge in [-0.1, -0.05) is 0 Å². The van der Waals surface area contributed by atoms with Crippen LogP contribution >= 0.6 is 24.0 Å². The number of carbonyl (C=O) groups is 1. The third-order valence-electron chi connectivity index (χ3n) is 4.43. The van der Waals surface area contributed by atoms with Gasteiger partial charge in [0.05, 0.1) is 6.26 Å². The van der Waals surface area contributed by atoms with Gasteiger partial charge in [0.15, 0.2) is 5.96 Å². The van der Waals surface area contributed by atoms with Crippen molar-refractivity contribution in [2.75, 3.05) is 39.5 Å². The number of nitrogens with zero attached hydrogens (tertiary/aromatic N) is 2. The van der Waals surface area contributed by atoms with E-state index in [-0.39, 0.29) is 35.9 Å². The monoisotopic (exact) mass is 473 g/mol. The lowest BCUT2D eigenvalue weighted by molar-refractivity contribution is -0.122. The minimum absolute atomic E-state index is 0. The highest BCUT2D eigenvalue weighted by Crippen LogP contribution is 2.18. The maximum Gasteiger partial charge on any atom is 0.220 e. The van der Waals surface area contributed by atoms with Crippen molar-refractivity contribution in [3.8, 4) is 0 Å². The van der Waals surface area contributed by atoms with Crippen LogP contribution in [0.1, 0.15) is 25.7 Å². The minimum atomic E-state index is -3.07. The summed E-state index contributed by atoms with van der Waals surface area (Å²) < 4.78 is 24.5. The lowest BCUT2D eigenvalue weighted by Gasteiger charge is -2.31. The van der Waals surface area contributed by atoms with Crippen LogP contribution in [0.15, 0.2) is 4.99 Å². The van der Waals surface area contributed by atoms with Crippen molar-refractivity contribution in [2.24, 2.45) is 10.9 Å². The predicted octanol–water partition coefficient (Wildman–Crippen LogP) is -0.280. The van der Waals surface area contributed by atoms with Gasteiger partial charge < -0.3 is 16.0 Å². The van der Waals surface area contributed by atoms with Crippen LogP contribution in [0.3, 0.4) is 0 Å². The quantitative estimate of drug-likeness (QED) is 0.296. The zero-order valence-corrected chi connectivity index (χ0v) is 17.4. The van der Waals surface area contributed by atoms with E-state index in [0.717, 1.165) is 31.8 Å². The highest BCUT2D eigenvalue weighted by Gasteiger charge is 2.25. The second-order valence-electron chi connectivity index (χ2n) is 6.24. The maximum atomic E-state index is 11.5. The van der Waals surface area contributed by atoms with Crippen LogP contribution in [0.25, 0.3) is 0 Å². The molecule has 10 heteroatoms. The van der Waals surface area contributed by atoms with Gasteiger partial charge in [0.2, 0.25) is 15.9 Å². The number of piperidine rings is 2. The molecular formula is C14H28IN5O3S. The lowest BCUT2D eigenvalue weighted by Crippen LogP contribution is -2.52. The number of hydrogen-bond donors (Lipinski definition) is 3. The lowest BCUT2D eigenvalue weighted by atomic mass is 9.98. The molecule has 0 spiro atoms. The van der Waals surface area contributed by atoms with Gasteiger partial charge in [0.1, 0.15) is 0 Å². The van der Waals surface area contributed by atoms with E-state index in [0.29, 0.717) is 32.0 Å². The Balaban J connectivity index is 0.00000288. The number of carbonyl (C=O) groups excluding carboxylic acids is 1. The fraction of sp³-hybridized carbons (Fsp3) is 0.857. The highest BCUT2D eigenvalue weighted by atomic mass is 127. The first-order chi connectivity index (χ1) is 10.9. The Labute approximate surface area is 161 Å². The van der Waals surface area contributed by atoms with Gasteiger partial charge in [-0.25, -0.2) is 12.7 Å². The van der Waals surface area contributed by atoms with Crippen LogP contribution in [-0.2, 0) is 14.8 Å². The molecule has 1 unspecified atom stereocenters. The van der Waals surface area contributed by atoms with E-state index in [1.165, 1.54) is 6.26 Å². The summed E-state index contributed by atoms with van der Waals surface area (Å²) in [5, 5.41) is 9.47. The van der Waals surface area contributed by atoms with Gasteiger partial charge in [0.25, 0.3) is 0 Å². The summed E-state index contributed by atoms with van der Waals surface area (Å²) in [5.41, 5.74) is 0. The first-order valence-corrected chi connectivity index (χ1v) is 9.92. The molecule has 2 fully saturated rings. The van der Waals surface area contributed by atoms with Crippen molar-refractivity contribution in [1.82, 2.24) is 20.3 Å². The van der Waals surface area contributed by atoms with Crippen LogP contribution < -0.4 is 16.0 Å². The van der Waals surface area contributed by atoms with Gasteiger partial charge in [-0.3, -0.25) is 9.79 Å². The van der Waals surface area contributed by atoms with Crippen LogP contribution in [0.5, 0.6) is 0 Å². The van der Waals surface area contributed by atoms with E-state index in [1.807, 2.05) is 0 Å². The Bertz CT molecular complexity index is 537. The van der Waals surface area contributed by atoms with Gasteiger partial charge in [-0.2, -0.15) is 0 Å². The molecule has 24 heavy (non-hydrogen) atoms. The van der Waals surface area contributed by atoms with Crippen molar-refractivity contribution < 1.29 is 13.2 Å². The average Bonchev–Trinajstić information content (AvgIpc) is 2.53. The molecule has 140 valence electrons. The Kier molecular flexibility index (Phi) is 8.71. The summed E-state index contributed by atoms with van der Waals surface area (Å²) in [5.74, 6) is 1.28. The number of rotatable bonds is 4. The Morgan fingerprint density at radius 3 is 2.50 bits per heavy atom. The molecule has 2 saturated heterocycles. The standard InChI is InChI=1S/C14H27N5O3S.HI/c1-15-14(18-12-3-4-13(20)16-10-12)17-9-11-5-7-19(8-6-11)23(2,21)22;/h11-12H,3-10H2,1-2H3,(H,16,20)(H2,15,17,18);1H. The average molecular weight is 473 g/mol. The van der Waals surface area contributed by atoms with E-state index in [1.54, 1.807) is 11.4 Å². The van der Waals surface area contributed by atoms with Crippen LogP contribution in [0, 0.1) is 5.92 Å². The number of halogens is 1. The molecule has 0 saturated carbocycles. The molecule has 0 aromatic heterocycles. The van der Waals surface area contributed by atoms with E-state index in [9.17, 15) is 13.2 Å². The van der Waals surface area contributed by atoms with E-state index < -0.39 is 10.0 Å². The molecule has 0 bridgehead atoms. The van der Waals surface area contributed by atoms with Gasteiger partial charge in [0, 0.05) is 45.7 Å². The molecule has 0 radical (unpaired) electrons. The first kappa shape index (κ1) is 21.4. The normalized spacial score (nSPS) is 24.0. The number of hydrogen-bond acceptors (Lipinski definition) is 4. The van der Waals surface area contributed by atoms with E-state index in [4.69, 9.17) is 0 Å². The van der Waals surface area contributed by atoms with Crippen LogP contribution in [0.2, 0.25) is 0 Å². The molecule has 3 N–H and O–H groups in total. The van der Waals surface area contributed by atoms with Crippen LogP contribution in [0.4, 0.5) is 0 Å². The minimum Gasteiger partial charge on any atom is -0.356 e. The summed E-state index contributed by atoms with van der Waals surface area (Å²) in [6.07, 6.45) is 4.32. The maximum absolute atomic E-state index is 11.5. The zero-order chi connectivity index (χ0) is 16.9. The van der Waals surface area contributed by atoms with Gasteiger partial charge in [-0.15, -0.1) is 24.0 Å². The largest absolute Gasteiger partial charge is 0.356 e. The third-order valence-corrected chi connectivity index (χ3v) is 5.73.